The van der Waals surface area contributed by atoms with Crippen LogP contribution in [0.5, 0.6) is 0 Å². The molecule has 0 bridgehead atoms. The molecule has 90 valence electrons. The van der Waals surface area contributed by atoms with Crippen molar-refractivity contribution in [1.29, 1.82) is 0 Å². The summed E-state index contributed by atoms with van der Waals surface area (Å²) in [6.07, 6.45) is 2.38. The number of nitrogens with one attached hydrogen (secondary N) is 1. The molecule has 0 radical (unpaired) electrons. The van der Waals surface area contributed by atoms with Gasteiger partial charge in [-0.05, 0) is 24.5 Å². The maximum absolute atomic E-state index is 9.04. The zero-order valence-corrected chi connectivity index (χ0v) is 10.5. The molecule has 0 amide bonds. The number of aliphatic hydroxyl groups is 1. The van der Waals surface area contributed by atoms with Crippen molar-refractivity contribution in [2.45, 2.75) is 40.2 Å². The summed E-state index contributed by atoms with van der Waals surface area (Å²) in [6.45, 7) is 7.38. The van der Waals surface area contributed by atoms with Crippen LogP contribution in [0.1, 0.15) is 37.9 Å². The normalized spacial score (nSPS) is 10.8. The molecule has 0 aliphatic carbocycles. The lowest BCUT2D eigenvalue weighted by atomic mass is 10.0. The second-order valence-electron chi connectivity index (χ2n) is 4.16. The first-order valence-electron chi connectivity index (χ1n) is 6.02. The van der Waals surface area contributed by atoms with Crippen LogP contribution in [0, 0.1) is 12.8 Å². The molecule has 0 aliphatic heterocycles. The van der Waals surface area contributed by atoms with Crippen molar-refractivity contribution in [2.24, 2.45) is 5.92 Å². The zero-order valence-electron chi connectivity index (χ0n) is 10.5. The van der Waals surface area contributed by atoms with E-state index in [2.05, 4.69) is 24.1 Å². The van der Waals surface area contributed by atoms with E-state index in [0.29, 0.717) is 5.92 Å². The first-order chi connectivity index (χ1) is 7.71. The number of nitrogens with zero attached hydrogens (tertiary/aromatic N) is 1. The third-order valence-corrected chi connectivity index (χ3v) is 3.09. The fourth-order valence-corrected chi connectivity index (χ4v) is 1.68. The molecule has 0 aromatic carbocycles. The summed E-state index contributed by atoms with van der Waals surface area (Å²) in [5.41, 5.74) is 1.80. The van der Waals surface area contributed by atoms with Gasteiger partial charge in [0.25, 0.3) is 0 Å². The number of aryl methyl sites for hydroxylation is 1. The van der Waals surface area contributed by atoms with Crippen LogP contribution in [0.4, 0.5) is 5.82 Å². The van der Waals surface area contributed by atoms with Crippen molar-refractivity contribution in [3.05, 3.63) is 23.4 Å². The quantitative estimate of drug-likeness (QED) is 0.778. The predicted molar refractivity (Wildman–Crippen MR) is 67.5 cm³/mol. The molecule has 0 saturated heterocycles. The van der Waals surface area contributed by atoms with Crippen LogP contribution >= 0.6 is 0 Å². The van der Waals surface area contributed by atoms with Gasteiger partial charge >= 0.3 is 0 Å². The van der Waals surface area contributed by atoms with Crippen molar-refractivity contribution < 1.29 is 5.11 Å². The highest BCUT2D eigenvalue weighted by Crippen LogP contribution is 2.13. The highest BCUT2D eigenvalue weighted by atomic mass is 16.3. The Morgan fingerprint density at radius 1 is 1.31 bits per heavy atom. The summed E-state index contributed by atoms with van der Waals surface area (Å²) in [6, 6.07) is 3.86. The Morgan fingerprint density at radius 2 is 2.00 bits per heavy atom. The second-order valence-corrected chi connectivity index (χ2v) is 4.16. The molecule has 16 heavy (non-hydrogen) atoms. The highest BCUT2D eigenvalue weighted by molar-refractivity contribution is 5.38. The van der Waals surface area contributed by atoms with E-state index in [1.54, 1.807) is 0 Å². The van der Waals surface area contributed by atoms with Crippen LogP contribution in [0.25, 0.3) is 0 Å². The summed E-state index contributed by atoms with van der Waals surface area (Å²) >= 11 is 0. The molecule has 3 heteroatoms. The zero-order chi connectivity index (χ0) is 12.0. The Balaban J connectivity index is 2.58. The lowest BCUT2D eigenvalue weighted by Gasteiger charge is -2.14. The van der Waals surface area contributed by atoms with E-state index in [1.807, 2.05) is 19.1 Å². The maximum atomic E-state index is 9.04. The highest BCUT2D eigenvalue weighted by Gasteiger charge is 2.04. The van der Waals surface area contributed by atoms with Gasteiger partial charge in [-0.25, -0.2) is 4.98 Å². The van der Waals surface area contributed by atoms with Crippen LogP contribution in [-0.2, 0) is 6.61 Å². The topological polar surface area (TPSA) is 45.1 Å². The molecule has 0 spiro atoms. The first kappa shape index (κ1) is 13.0. The summed E-state index contributed by atoms with van der Waals surface area (Å²) in [7, 11) is 0. The molecular weight excluding hydrogens is 200 g/mol. The molecule has 1 heterocycles. The van der Waals surface area contributed by atoms with E-state index in [1.165, 1.54) is 12.8 Å². The summed E-state index contributed by atoms with van der Waals surface area (Å²) in [5.74, 6) is 1.61. The van der Waals surface area contributed by atoms with Crippen molar-refractivity contribution in [3.63, 3.8) is 0 Å². The van der Waals surface area contributed by atoms with Crippen molar-refractivity contribution in [3.8, 4) is 0 Å². The van der Waals surface area contributed by atoms with Gasteiger partial charge in [-0.1, -0.05) is 32.8 Å². The average Bonchev–Trinajstić information content (AvgIpc) is 2.30. The fraction of sp³-hybridized carbons (Fsp3) is 0.615. The molecule has 1 rings (SSSR count). The Hall–Kier alpha value is -1.09. The van der Waals surface area contributed by atoms with Crippen LogP contribution in [0.15, 0.2) is 12.1 Å². The summed E-state index contributed by atoms with van der Waals surface area (Å²) in [5, 5.41) is 12.4. The smallest absolute Gasteiger partial charge is 0.126 e. The molecule has 0 atom stereocenters. The van der Waals surface area contributed by atoms with Gasteiger partial charge < -0.3 is 10.4 Å². The van der Waals surface area contributed by atoms with Gasteiger partial charge in [0.05, 0.1) is 6.61 Å². The molecule has 1 aromatic heterocycles. The van der Waals surface area contributed by atoms with Gasteiger partial charge in [-0.2, -0.15) is 0 Å². The molecule has 3 nitrogen and oxygen atoms in total. The first-order valence-corrected chi connectivity index (χ1v) is 6.02. The Morgan fingerprint density at radius 3 is 2.50 bits per heavy atom. The van der Waals surface area contributed by atoms with E-state index in [9.17, 15) is 0 Å². The van der Waals surface area contributed by atoms with Crippen molar-refractivity contribution in [1.82, 2.24) is 4.98 Å². The number of hydrogen-bond acceptors (Lipinski definition) is 3. The molecular formula is C13H22N2O. The van der Waals surface area contributed by atoms with Gasteiger partial charge in [-0.3, -0.25) is 0 Å². The Labute approximate surface area is 97.9 Å². The lowest BCUT2D eigenvalue weighted by Crippen LogP contribution is -2.13. The third kappa shape index (κ3) is 3.49. The summed E-state index contributed by atoms with van der Waals surface area (Å²) < 4.78 is 0. The molecule has 2 N–H and O–H groups in total. The monoisotopic (exact) mass is 222 g/mol. The van der Waals surface area contributed by atoms with E-state index in [-0.39, 0.29) is 6.61 Å². The van der Waals surface area contributed by atoms with E-state index in [4.69, 9.17) is 5.11 Å². The van der Waals surface area contributed by atoms with E-state index < -0.39 is 0 Å². The molecule has 0 saturated carbocycles. The minimum absolute atomic E-state index is 0.0612. The van der Waals surface area contributed by atoms with Gasteiger partial charge in [0.2, 0.25) is 0 Å². The van der Waals surface area contributed by atoms with Crippen molar-refractivity contribution >= 4 is 5.82 Å². The standard InChI is InChI=1S/C13H22N2O/c1-4-11(5-2)8-14-13-7-6-12(9-16)10(3)15-13/h6-7,11,16H,4-5,8-9H2,1-3H3,(H,14,15). The van der Waals surface area contributed by atoms with Crippen LogP contribution in [0.2, 0.25) is 0 Å². The fourth-order valence-electron chi connectivity index (χ4n) is 1.68. The van der Waals surface area contributed by atoms with E-state index >= 15 is 0 Å². The van der Waals surface area contributed by atoms with Crippen LogP contribution in [-0.4, -0.2) is 16.6 Å². The molecule has 0 aliphatic rings. The Kier molecular flexibility index (Phi) is 5.26. The minimum Gasteiger partial charge on any atom is -0.392 e. The largest absolute Gasteiger partial charge is 0.392 e. The number of aliphatic hydroxyl groups excluding tert-OH is 1. The van der Waals surface area contributed by atoms with Crippen LogP contribution in [0.3, 0.4) is 0 Å². The maximum Gasteiger partial charge on any atom is 0.126 e. The minimum atomic E-state index is 0.0612. The Bertz CT molecular complexity index is 322. The average molecular weight is 222 g/mol. The van der Waals surface area contributed by atoms with Crippen LogP contribution < -0.4 is 5.32 Å². The van der Waals surface area contributed by atoms with E-state index in [0.717, 1.165) is 23.6 Å². The third-order valence-electron chi connectivity index (χ3n) is 3.09. The van der Waals surface area contributed by atoms with Gasteiger partial charge in [0.1, 0.15) is 5.82 Å². The number of pyridine rings is 1. The number of rotatable bonds is 6. The van der Waals surface area contributed by atoms with Gasteiger partial charge in [0.15, 0.2) is 0 Å². The lowest BCUT2D eigenvalue weighted by molar-refractivity contribution is 0.280. The SMILES string of the molecule is CCC(CC)CNc1ccc(CO)c(C)n1. The summed E-state index contributed by atoms with van der Waals surface area (Å²) in [4.78, 5) is 4.41. The van der Waals surface area contributed by atoms with Gasteiger partial charge in [0, 0.05) is 12.2 Å². The number of anilines is 1. The molecule has 0 fully saturated rings. The van der Waals surface area contributed by atoms with Crippen molar-refractivity contribution in [2.75, 3.05) is 11.9 Å². The predicted octanol–water partition coefficient (Wildman–Crippen LogP) is 2.73. The van der Waals surface area contributed by atoms with Gasteiger partial charge in [-0.15, -0.1) is 0 Å². The molecule has 1 aromatic rings. The second kappa shape index (κ2) is 6.48. The molecule has 0 unspecified atom stereocenters. The number of aromatic nitrogens is 1. The number of hydrogen-bond donors (Lipinski definition) is 2.